The molecule has 116 valence electrons. The fraction of sp³-hybridized carbons (Fsp3) is 0.500. The van der Waals surface area contributed by atoms with Gasteiger partial charge in [0.2, 0.25) is 0 Å². The predicted octanol–water partition coefficient (Wildman–Crippen LogP) is 4.66. The Balaban J connectivity index is 2.37. The van der Waals surface area contributed by atoms with Crippen molar-refractivity contribution < 1.29 is 14.6 Å². The number of carboxylic acid groups (broad SMARTS) is 1. The summed E-state index contributed by atoms with van der Waals surface area (Å²) in [6.45, 7) is 4.90. The van der Waals surface area contributed by atoms with E-state index in [1.54, 1.807) is 6.08 Å². The number of carbonyl (C=O) groups is 1. The van der Waals surface area contributed by atoms with Crippen LogP contribution in [0.2, 0.25) is 0 Å². The van der Waals surface area contributed by atoms with Crippen molar-refractivity contribution in [1.29, 1.82) is 0 Å². The molecule has 3 heteroatoms. The lowest BCUT2D eigenvalue weighted by Crippen LogP contribution is -2.08. The van der Waals surface area contributed by atoms with Gasteiger partial charge in [-0.3, -0.25) is 0 Å². The monoisotopic (exact) mass is 290 g/mol. The van der Waals surface area contributed by atoms with Gasteiger partial charge in [0.15, 0.2) is 0 Å². The second kappa shape index (κ2) is 10.2. The van der Waals surface area contributed by atoms with Crippen molar-refractivity contribution in [3.8, 4) is 0 Å². The lowest BCUT2D eigenvalue weighted by atomic mass is 10.1. The van der Waals surface area contributed by atoms with Gasteiger partial charge in [0.05, 0.1) is 12.7 Å². The molecule has 1 N–H and O–H groups in total. The standard InChI is InChI=1S/C18H26O3/c1-3-4-5-6-8-15(2)21-14-17-10-7-9-16(13-17)11-12-18(19)20/h7,9-13,15H,3-6,8,14H2,1-2H3,(H,19,20). The van der Waals surface area contributed by atoms with Crippen molar-refractivity contribution in [2.45, 2.75) is 58.7 Å². The Morgan fingerprint density at radius 2 is 2.14 bits per heavy atom. The number of unbranched alkanes of at least 4 members (excludes halogenated alkanes) is 3. The third-order valence-corrected chi connectivity index (χ3v) is 3.37. The van der Waals surface area contributed by atoms with E-state index in [4.69, 9.17) is 9.84 Å². The zero-order valence-electron chi connectivity index (χ0n) is 13.0. The van der Waals surface area contributed by atoms with E-state index in [-0.39, 0.29) is 6.10 Å². The number of rotatable bonds is 10. The van der Waals surface area contributed by atoms with Gasteiger partial charge in [-0.15, -0.1) is 0 Å². The Morgan fingerprint density at radius 1 is 1.33 bits per heavy atom. The van der Waals surface area contributed by atoms with E-state index in [0.717, 1.165) is 23.6 Å². The molecule has 0 heterocycles. The highest BCUT2D eigenvalue weighted by atomic mass is 16.5. The fourth-order valence-corrected chi connectivity index (χ4v) is 2.13. The normalized spacial score (nSPS) is 12.7. The van der Waals surface area contributed by atoms with E-state index < -0.39 is 5.97 Å². The minimum Gasteiger partial charge on any atom is -0.478 e. The SMILES string of the molecule is CCCCCCC(C)OCc1cccc(C=CC(=O)O)c1. The van der Waals surface area contributed by atoms with Gasteiger partial charge in [0.25, 0.3) is 0 Å². The molecule has 0 bridgehead atoms. The van der Waals surface area contributed by atoms with Crippen LogP contribution in [0.25, 0.3) is 6.08 Å². The molecule has 3 nitrogen and oxygen atoms in total. The van der Waals surface area contributed by atoms with E-state index in [2.05, 4.69) is 13.8 Å². The minimum absolute atomic E-state index is 0.264. The minimum atomic E-state index is -0.933. The summed E-state index contributed by atoms with van der Waals surface area (Å²) in [5, 5.41) is 8.63. The molecule has 0 amide bonds. The third-order valence-electron chi connectivity index (χ3n) is 3.37. The van der Waals surface area contributed by atoms with Crippen molar-refractivity contribution in [3.05, 3.63) is 41.5 Å². The highest BCUT2D eigenvalue weighted by Gasteiger charge is 2.03. The zero-order chi connectivity index (χ0) is 15.5. The predicted molar refractivity (Wildman–Crippen MR) is 86.1 cm³/mol. The van der Waals surface area contributed by atoms with Crippen molar-refractivity contribution >= 4 is 12.0 Å². The molecule has 0 radical (unpaired) electrons. The highest BCUT2D eigenvalue weighted by Crippen LogP contribution is 2.12. The average molecular weight is 290 g/mol. The average Bonchev–Trinajstić information content (AvgIpc) is 2.48. The summed E-state index contributed by atoms with van der Waals surface area (Å²) in [6, 6.07) is 7.77. The molecule has 0 saturated heterocycles. The molecule has 1 atom stereocenters. The van der Waals surface area contributed by atoms with Gasteiger partial charge in [-0.25, -0.2) is 4.79 Å². The number of carboxylic acids is 1. The number of hydrogen-bond donors (Lipinski definition) is 1. The second-order valence-corrected chi connectivity index (χ2v) is 5.39. The quantitative estimate of drug-likeness (QED) is 0.503. The topological polar surface area (TPSA) is 46.5 Å². The van der Waals surface area contributed by atoms with Crippen LogP contribution in [0.4, 0.5) is 0 Å². The number of aliphatic carboxylic acids is 1. The Hall–Kier alpha value is -1.61. The maximum Gasteiger partial charge on any atom is 0.328 e. The van der Waals surface area contributed by atoms with Crippen LogP contribution in [-0.4, -0.2) is 17.2 Å². The summed E-state index contributed by atoms with van der Waals surface area (Å²) in [5.74, 6) is -0.933. The largest absolute Gasteiger partial charge is 0.478 e. The van der Waals surface area contributed by atoms with Crippen molar-refractivity contribution in [1.82, 2.24) is 0 Å². The van der Waals surface area contributed by atoms with Gasteiger partial charge in [0, 0.05) is 6.08 Å². The van der Waals surface area contributed by atoms with Crippen LogP contribution in [0.3, 0.4) is 0 Å². The fourth-order valence-electron chi connectivity index (χ4n) is 2.13. The molecule has 0 aromatic heterocycles. The first-order valence-corrected chi connectivity index (χ1v) is 7.73. The number of benzene rings is 1. The van der Waals surface area contributed by atoms with Crippen LogP contribution in [0.15, 0.2) is 30.3 Å². The molecule has 1 aromatic rings. The van der Waals surface area contributed by atoms with Crippen LogP contribution >= 0.6 is 0 Å². The van der Waals surface area contributed by atoms with Gasteiger partial charge in [-0.05, 0) is 36.6 Å². The summed E-state index contributed by atoms with van der Waals surface area (Å²) in [6.07, 6.45) is 9.15. The van der Waals surface area contributed by atoms with E-state index in [9.17, 15) is 4.79 Å². The van der Waals surface area contributed by atoms with E-state index in [1.165, 1.54) is 25.7 Å². The molecule has 1 unspecified atom stereocenters. The molecule has 0 saturated carbocycles. The van der Waals surface area contributed by atoms with E-state index in [1.807, 2.05) is 24.3 Å². The maximum atomic E-state index is 10.5. The van der Waals surface area contributed by atoms with Crippen LogP contribution in [0, 0.1) is 0 Å². The van der Waals surface area contributed by atoms with E-state index >= 15 is 0 Å². The second-order valence-electron chi connectivity index (χ2n) is 5.39. The Bertz CT molecular complexity index is 452. The van der Waals surface area contributed by atoms with Crippen molar-refractivity contribution in [3.63, 3.8) is 0 Å². The molecule has 0 aliphatic carbocycles. The lowest BCUT2D eigenvalue weighted by Gasteiger charge is -2.13. The van der Waals surface area contributed by atoms with Gasteiger partial charge < -0.3 is 9.84 Å². The van der Waals surface area contributed by atoms with Crippen LogP contribution in [-0.2, 0) is 16.1 Å². The molecule has 21 heavy (non-hydrogen) atoms. The molecule has 0 spiro atoms. The molecule has 0 fully saturated rings. The summed E-state index contributed by atoms with van der Waals surface area (Å²) < 4.78 is 5.85. The smallest absolute Gasteiger partial charge is 0.328 e. The maximum absolute atomic E-state index is 10.5. The lowest BCUT2D eigenvalue weighted by molar-refractivity contribution is -0.131. The summed E-state index contributed by atoms with van der Waals surface area (Å²) >= 11 is 0. The van der Waals surface area contributed by atoms with Crippen LogP contribution in [0.1, 0.15) is 57.1 Å². The molecule has 0 aliphatic heterocycles. The van der Waals surface area contributed by atoms with Crippen molar-refractivity contribution in [2.75, 3.05) is 0 Å². The first kappa shape index (κ1) is 17.4. The molecule has 1 rings (SSSR count). The molecule has 0 aliphatic rings. The Kier molecular flexibility index (Phi) is 8.44. The van der Waals surface area contributed by atoms with Gasteiger partial charge >= 0.3 is 5.97 Å². The van der Waals surface area contributed by atoms with Crippen LogP contribution < -0.4 is 0 Å². The molecular weight excluding hydrogens is 264 g/mol. The molecular formula is C18H26O3. The first-order valence-electron chi connectivity index (χ1n) is 7.73. The summed E-state index contributed by atoms with van der Waals surface area (Å²) in [4.78, 5) is 10.5. The Morgan fingerprint density at radius 3 is 2.86 bits per heavy atom. The number of ether oxygens (including phenoxy) is 1. The van der Waals surface area contributed by atoms with Gasteiger partial charge in [-0.2, -0.15) is 0 Å². The summed E-state index contributed by atoms with van der Waals surface area (Å²) in [5.41, 5.74) is 1.96. The van der Waals surface area contributed by atoms with E-state index in [0.29, 0.717) is 6.61 Å². The first-order chi connectivity index (χ1) is 10.1. The number of hydrogen-bond acceptors (Lipinski definition) is 2. The van der Waals surface area contributed by atoms with Gasteiger partial charge in [-0.1, -0.05) is 50.8 Å². The Labute approximate surface area is 127 Å². The zero-order valence-corrected chi connectivity index (χ0v) is 13.0. The summed E-state index contributed by atoms with van der Waals surface area (Å²) in [7, 11) is 0. The van der Waals surface area contributed by atoms with Crippen molar-refractivity contribution in [2.24, 2.45) is 0 Å². The van der Waals surface area contributed by atoms with Crippen LogP contribution in [0.5, 0.6) is 0 Å². The molecule has 1 aromatic carbocycles. The van der Waals surface area contributed by atoms with Gasteiger partial charge in [0.1, 0.15) is 0 Å². The third kappa shape index (κ3) is 8.30. The highest BCUT2D eigenvalue weighted by molar-refractivity contribution is 5.85.